The van der Waals surface area contributed by atoms with Gasteiger partial charge in [0.15, 0.2) is 5.78 Å². The Labute approximate surface area is 134 Å². The fraction of sp³-hybridized carbons (Fsp3) is 0.200. The highest BCUT2D eigenvalue weighted by Gasteiger charge is 2.31. The van der Waals surface area contributed by atoms with Crippen LogP contribution in [0.1, 0.15) is 39.5 Å². The van der Waals surface area contributed by atoms with Gasteiger partial charge in [0.25, 0.3) is 0 Å². The fourth-order valence-electron chi connectivity index (χ4n) is 4.02. The van der Waals surface area contributed by atoms with Crippen molar-refractivity contribution in [3.63, 3.8) is 0 Å². The SMILES string of the molecule is O=C1CN=C2CC(c3ccccc3)Cc3[nH]c4cccc1c4c32. The summed E-state index contributed by atoms with van der Waals surface area (Å²) in [5, 5.41) is 1.08. The van der Waals surface area contributed by atoms with Crippen molar-refractivity contribution in [3.05, 3.63) is 70.9 Å². The Morgan fingerprint density at radius 1 is 1.00 bits per heavy atom. The van der Waals surface area contributed by atoms with Crippen LogP contribution in [-0.2, 0) is 6.42 Å². The number of benzene rings is 2. The zero-order valence-corrected chi connectivity index (χ0v) is 12.7. The lowest BCUT2D eigenvalue weighted by Crippen LogP contribution is -2.19. The van der Waals surface area contributed by atoms with Gasteiger partial charge in [-0.1, -0.05) is 42.5 Å². The second-order valence-electron chi connectivity index (χ2n) is 6.41. The van der Waals surface area contributed by atoms with Gasteiger partial charge in [-0.2, -0.15) is 0 Å². The first kappa shape index (κ1) is 12.8. The molecule has 3 nitrogen and oxygen atoms in total. The molecule has 0 saturated heterocycles. The monoisotopic (exact) mass is 300 g/mol. The molecule has 0 fully saturated rings. The average molecular weight is 300 g/mol. The smallest absolute Gasteiger partial charge is 0.184 e. The van der Waals surface area contributed by atoms with E-state index in [-0.39, 0.29) is 12.3 Å². The largest absolute Gasteiger partial charge is 0.358 e. The number of aromatic amines is 1. The summed E-state index contributed by atoms with van der Waals surface area (Å²) in [6.07, 6.45) is 1.88. The molecule has 1 atom stereocenters. The van der Waals surface area contributed by atoms with Gasteiger partial charge in [0.1, 0.15) is 6.54 Å². The minimum absolute atomic E-state index is 0.121. The molecule has 2 heterocycles. The summed E-state index contributed by atoms with van der Waals surface area (Å²) in [6, 6.07) is 16.6. The third-order valence-electron chi connectivity index (χ3n) is 5.07. The molecule has 1 unspecified atom stereocenters. The second kappa shape index (κ2) is 4.66. The number of carbonyl (C=O) groups excluding carboxylic acids is 1. The Balaban J connectivity index is 1.74. The molecule has 0 radical (unpaired) electrons. The summed E-state index contributed by atoms with van der Waals surface area (Å²) >= 11 is 0. The van der Waals surface area contributed by atoms with E-state index in [0.717, 1.165) is 35.0 Å². The van der Waals surface area contributed by atoms with Gasteiger partial charge >= 0.3 is 0 Å². The zero-order valence-electron chi connectivity index (χ0n) is 12.7. The lowest BCUT2D eigenvalue weighted by Gasteiger charge is -2.24. The molecular weight excluding hydrogens is 284 g/mol. The summed E-state index contributed by atoms with van der Waals surface area (Å²) in [7, 11) is 0. The van der Waals surface area contributed by atoms with Gasteiger partial charge in [-0.05, 0) is 30.4 Å². The minimum atomic E-state index is 0.121. The highest BCUT2D eigenvalue weighted by atomic mass is 16.1. The highest BCUT2D eigenvalue weighted by molar-refractivity contribution is 6.22. The van der Waals surface area contributed by atoms with Crippen LogP contribution >= 0.6 is 0 Å². The molecule has 3 aromatic rings. The predicted octanol–water partition coefficient (Wildman–Crippen LogP) is 3.88. The predicted molar refractivity (Wildman–Crippen MR) is 91.5 cm³/mol. The molecule has 1 aromatic heterocycles. The van der Waals surface area contributed by atoms with E-state index in [2.05, 4.69) is 46.4 Å². The first-order valence-electron chi connectivity index (χ1n) is 8.06. The maximum absolute atomic E-state index is 12.4. The Morgan fingerprint density at radius 3 is 2.74 bits per heavy atom. The highest BCUT2D eigenvalue weighted by Crippen LogP contribution is 2.38. The van der Waals surface area contributed by atoms with Crippen LogP contribution in [0.15, 0.2) is 53.5 Å². The molecule has 3 heteroatoms. The normalized spacial score (nSPS) is 19.6. The molecule has 1 aliphatic heterocycles. The molecule has 2 aromatic carbocycles. The van der Waals surface area contributed by atoms with Crippen LogP contribution in [0.5, 0.6) is 0 Å². The van der Waals surface area contributed by atoms with Crippen molar-refractivity contribution in [1.29, 1.82) is 0 Å². The van der Waals surface area contributed by atoms with E-state index in [4.69, 9.17) is 0 Å². The molecule has 1 aliphatic carbocycles. The van der Waals surface area contributed by atoms with Crippen molar-refractivity contribution in [2.75, 3.05) is 6.54 Å². The molecular formula is C20H16N2O. The summed E-state index contributed by atoms with van der Waals surface area (Å²) in [4.78, 5) is 20.6. The van der Waals surface area contributed by atoms with E-state index < -0.39 is 0 Å². The third kappa shape index (κ3) is 1.83. The van der Waals surface area contributed by atoms with Crippen LogP contribution < -0.4 is 0 Å². The maximum Gasteiger partial charge on any atom is 0.184 e. The van der Waals surface area contributed by atoms with Gasteiger partial charge < -0.3 is 4.98 Å². The Morgan fingerprint density at radius 2 is 1.87 bits per heavy atom. The lowest BCUT2D eigenvalue weighted by molar-refractivity contribution is 0.100. The molecule has 112 valence electrons. The first-order valence-corrected chi connectivity index (χ1v) is 8.06. The second-order valence-corrected chi connectivity index (χ2v) is 6.41. The van der Waals surface area contributed by atoms with Crippen molar-refractivity contribution < 1.29 is 4.79 Å². The summed E-state index contributed by atoms with van der Waals surface area (Å²) in [6.45, 7) is 0.268. The quantitative estimate of drug-likeness (QED) is 0.728. The maximum atomic E-state index is 12.4. The Kier molecular flexibility index (Phi) is 2.60. The molecule has 23 heavy (non-hydrogen) atoms. The van der Waals surface area contributed by atoms with Crippen LogP contribution in [0.25, 0.3) is 10.9 Å². The molecule has 0 amide bonds. The number of ketones is 1. The first-order chi connectivity index (χ1) is 11.3. The topological polar surface area (TPSA) is 45.2 Å². The van der Waals surface area contributed by atoms with E-state index in [1.54, 1.807) is 0 Å². The van der Waals surface area contributed by atoms with Crippen LogP contribution in [0, 0.1) is 0 Å². The average Bonchev–Trinajstić information content (AvgIpc) is 2.91. The number of nitrogens with one attached hydrogen (secondary N) is 1. The van der Waals surface area contributed by atoms with Gasteiger partial charge in [0.05, 0.1) is 0 Å². The van der Waals surface area contributed by atoms with E-state index in [9.17, 15) is 4.79 Å². The Hall–Kier alpha value is -2.68. The number of aromatic nitrogens is 1. The molecule has 0 bridgehead atoms. The van der Waals surface area contributed by atoms with Crippen LogP contribution in [0.3, 0.4) is 0 Å². The van der Waals surface area contributed by atoms with Gasteiger partial charge in [-0.3, -0.25) is 9.79 Å². The van der Waals surface area contributed by atoms with E-state index in [0.29, 0.717) is 5.92 Å². The van der Waals surface area contributed by atoms with Gasteiger partial charge in [-0.25, -0.2) is 0 Å². The number of hydrogen-bond donors (Lipinski definition) is 1. The Bertz CT molecular complexity index is 966. The molecule has 5 rings (SSSR count). The van der Waals surface area contributed by atoms with Gasteiger partial charge in [0, 0.05) is 33.4 Å². The standard InChI is InChI=1S/C20H16N2O/c23-18-11-21-16-9-13(12-5-2-1-3-6-12)10-17-20(16)19-14(18)7-4-8-15(19)22-17/h1-8,13,22H,9-11H2. The third-order valence-corrected chi connectivity index (χ3v) is 5.07. The molecule has 1 N–H and O–H groups in total. The van der Waals surface area contributed by atoms with Crippen molar-refractivity contribution >= 4 is 22.4 Å². The number of carbonyl (C=O) groups is 1. The lowest BCUT2D eigenvalue weighted by atomic mass is 9.81. The minimum Gasteiger partial charge on any atom is -0.358 e. The van der Waals surface area contributed by atoms with Crippen molar-refractivity contribution in [1.82, 2.24) is 4.98 Å². The zero-order chi connectivity index (χ0) is 15.4. The van der Waals surface area contributed by atoms with Gasteiger partial charge in [0.2, 0.25) is 0 Å². The number of hydrogen-bond acceptors (Lipinski definition) is 2. The molecule has 2 aliphatic rings. The van der Waals surface area contributed by atoms with Crippen LogP contribution in [0.2, 0.25) is 0 Å². The van der Waals surface area contributed by atoms with Crippen molar-refractivity contribution in [3.8, 4) is 0 Å². The fourth-order valence-corrected chi connectivity index (χ4v) is 4.02. The summed E-state index contributed by atoms with van der Waals surface area (Å²) < 4.78 is 0. The van der Waals surface area contributed by atoms with E-state index in [1.807, 2.05) is 12.1 Å². The number of nitrogens with zero attached hydrogens (tertiary/aromatic N) is 1. The molecule has 0 saturated carbocycles. The summed E-state index contributed by atoms with van der Waals surface area (Å²) in [5.41, 5.74) is 6.72. The summed E-state index contributed by atoms with van der Waals surface area (Å²) in [5.74, 6) is 0.544. The van der Waals surface area contributed by atoms with Crippen molar-refractivity contribution in [2.24, 2.45) is 4.99 Å². The number of aliphatic imine (C=N–C) groups is 1. The van der Waals surface area contributed by atoms with Crippen LogP contribution in [-0.4, -0.2) is 23.0 Å². The van der Waals surface area contributed by atoms with Gasteiger partial charge in [-0.15, -0.1) is 0 Å². The number of Topliss-reactive ketones (excluding diaryl/α,β-unsaturated/α-hetero) is 1. The van der Waals surface area contributed by atoms with E-state index >= 15 is 0 Å². The molecule has 0 spiro atoms. The van der Waals surface area contributed by atoms with E-state index in [1.165, 1.54) is 16.8 Å². The van der Waals surface area contributed by atoms with Crippen molar-refractivity contribution in [2.45, 2.75) is 18.8 Å². The number of H-pyrrole nitrogens is 1. The van der Waals surface area contributed by atoms with Crippen LogP contribution in [0.4, 0.5) is 0 Å². The number of rotatable bonds is 1.